The summed E-state index contributed by atoms with van der Waals surface area (Å²) in [7, 11) is 0. The summed E-state index contributed by atoms with van der Waals surface area (Å²) in [5.74, 6) is -0.937. The quantitative estimate of drug-likeness (QED) is 0.678. The number of carbonyl (C=O) groups excluding carboxylic acids is 2. The normalized spacial score (nSPS) is 10.5. The van der Waals surface area contributed by atoms with Gasteiger partial charge in [-0.3, -0.25) is 20.4 Å². The summed E-state index contributed by atoms with van der Waals surface area (Å²) in [5.41, 5.74) is 7.80. The molecule has 0 radical (unpaired) electrons. The van der Waals surface area contributed by atoms with Crippen molar-refractivity contribution in [3.8, 4) is 5.69 Å². The van der Waals surface area contributed by atoms with E-state index < -0.39 is 11.8 Å². The number of para-hydroxylation sites is 1. The fraction of sp³-hybridized carbons (Fsp3) is 0.150. The summed E-state index contributed by atoms with van der Waals surface area (Å²) in [5, 5.41) is 4.50. The number of hydrogen-bond acceptors (Lipinski definition) is 3. The van der Waals surface area contributed by atoms with Crippen LogP contribution in [0.25, 0.3) is 5.69 Å². The molecule has 2 aromatic carbocycles. The van der Waals surface area contributed by atoms with E-state index in [4.69, 9.17) is 11.6 Å². The second kappa shape index (κ2) is 8.05. The predicted octanol–water partition coefficient (Wildman–Crippen LogP) is 3.47. The topological polar surface area (TPSA) is 76.0 Å². The van der Waals surface area contributed by atoms with Gasteiger partial charge < -0.3 is 0 Å². The minimum Gasteiger partial charge on any atom is -0.267 e. The third kappa shape index (κ3) is 4.01. The molecule has 0 atom stereocenters. The van der Waals surface area contributed by atoms with E-state index in [-0.39, 0.29) is 10.7 Å². The maximum Gasteiger partial charge on any atom is 0.274 e. The molecule has 1 aromatic heterocycles. The van der Waals surface area contributed by atoms with Gasteiger partial charge in [-0.2, -0.15) is 5.10 Å². The molecule has 138 valence electrons. The summed E-state index contributed by atoms with van der Waals surface area (Å²) >= 11 is 6.35. The molecule has 6 nitrogen and oxygen atoms in total. The van der Waals surface area contributed by atoms with Crippen molar-refractivity contribution in [3.05, 3.63) is 82.1 Å². The number of hydrogen-bond donors (Lipinski definition) is 2. The number of amides is 2. The van der Waals surface area contributed by atoms with Crippen LogP contribution in [0.1, 0.15) is 38.9 Å². The second-order valence-electron chi connectivity index (χ2n) is 5.96. The van der Waals surface area contributed by atoms with Crippen LogP contribution in [0, 0.1) is 6.92 Å². The number of nitrogens with zero attached hydrogens (tertiary/aromatic N) is 2. The molecule has 2 amide bonds. The van der Waals surface area contributed by atoms with E-state index in [1.165, 1.54) is 4.68 Å². The van der Waals surface area contributed by atoms with Crippen LogP contribution < -0.4 is 10.9 Å². The van der Waals surface area contributed by atoms with Gasteiger partial charge in [0.05, 0.1) is 11.4 Å². The standard InChI is InChI=1S/C20H19ClN4O2/c1-3-14-9-11-15(12-10-14)19(26)22-23-20(27)17-13(2)24-25(18(17)21)16-7-5-4-6-8-16/h4-12H,3H2,1-2H3,(H,22,26)(H,23,27). The Labute approximate surface area is 162 Å². The van der Waals surface area contributed by atoms with Gasteiger partial charge in [-0.05, 0) is 43.2 Å². The average molecular weight is 383 g/mol. The number of aromatic nitrogens is 2. The number of benzene rings is 2. The Balaban J connectivity index is 1.73. The first-order valence-electron chi connectivity index (χ1n) is 8.51. The molecule has 3 aromatic rings. The van der Waals surface area contributed by atoms with E-state index in [1.54, 1.807) is 19.1 Å². The van der Waals surface area contributed by atoms with Crippen molar-refractivity contribution in [2.45, 2.75) is 20.3 Å². The maximum atomic E-state index is 12.5. The Kier molecular flexibility index (Phi) is 5.57. The number of aryl methyl sites for hydroxylation is 2. The molecule has 2 N–H and O–H groups in total. The van der Waals surface area contributed by atoms with Gasteiger partial charge in [-0.1, -0.05) is 48.9 Å². The molecule has 27 heavy (non-hydrogen) atoms. The van der Waals surface area contributed by atoms with Crippen LogP contribution in [-0.2, 0) is 6.42 Å². The molecular formula is C20H19ClN4O2. The molecular weight excluding hydrogens is 364 g/mol. The SMILES string of the molecule is CCc1ccc(C(=O)NNC(=O)c2c(C)nn(-c3ccccc3)c2Cl)cc1. The van der Waals surface area contributed by atoms with Crippen molar-refractivity contribution in [1.82, 2.24) is 20.6 Å². The van der Waals surface area contributed by atoms with Crippen molar-refractivity contribution in [1.29, 1.82) is 0 Å². The Morgan fingerprint density at radius 2 is 1.63 bits per heavy atom. The lowest BCUT2D eigenvalue weighted by molar-refractivity contribution is 0.0846. The summed E-state index contributed by atoms with van der Waals surface area (Å²) in [6, 6.07) is 16.4. The van der Waals surface area contributed by atoms with E-state index in [0.29, 0.717) is 11.3 Å². The first-order chi connectivity index (χ1) is 13.0. The number of carbonyl (C=O) groups is 2. The molecule has 3 rings (SSSR count). The molecule has 0 unspecified atom stereocenters. The molecule has 0 bridgehead atoms. The minimum atomic E-state index is -0.529. The average Bonchev–Trinajstić information content (AvgIpc) is 3.00. The predicted molar refractivity (Wildman–Crippen MR) is 104 cm³/mol. The van der Waals surface area contributed by atoms with E-state index in [2.05, 4.69) is 16.0 Å². The first-order valence-corrected chi connectivity index (χ1v) is 8.89. The zero-order chi connectivity index (χ0) is 19.4. The summed E-state index contributed by atoms with van der Waals surface area (Å²) in [6.07, 6.45) is 0.891. The van der Waals surface area contributed by atoms with Gasteiger partial charge >= 0.3 is 0 Å². The molecule has 0 aliphatic rings. The lowest BCUT2D eigenvalue weighted by Crippen LogP contribution is -2.41. The molecule has 0 saturated heterocycles. The van der Waals surface area contributed by atoms with Gasteiger partial charge in [0.15, 0.2) is 0 Å². The summed E-state index contributed by atoms with van der Waals surface area (Å²) < 4.78 is 1.48. The van der Waals surface area contributed by atoms with Crippen molar-refractivity contribution in [2.24, 2.45) is 0 Å². The van der Waals surface area contributed by atoms with Gasteiger partial charge in [0.1, 0.15) is 10.7 Å². The van der Waals surface area contributed by atoms with Crippen LogP contribution in [0.15, 0.2) is 54.6 Å². The number of rotatable bonds is 4. The van der Waals surface area contributed by atoms with Gasteiger partial charge in [0.2, 0.25) is 0 Å². The van der Waals surface area contributed by atoms with Crippen molar-refractivity contribution in [3.63, 3.8) is 0 Å². The fourth-order valence-corrected chi connectivity index (χ4v) is 3.00. The van der Waals surface area contributed by atoms with Gasteiger partial charge in [0.25, 0.3) is 11.8 Å². The van der Waals surface area contributed by atoms with Gasteiger partial charge in [0, 0.05) is 5.56 Å². The van der Waals surface area contributed by atoms with Crippen LogP contribution in [0.2, 0.25) is 5.15 Å². The first kappa shape index (κ1) is 18.7. The Hall–Kier alpha value is -3.12. The van der Waals surface area contributed by atoms with Gasteiger partial charge in [-0.25, -0.2) is 4.68 Å². The summed E-state index contributed by atoms with van der Waals surface area (Å²) in [4.78, 5) is 24.7. The van der Waals surface area contributed by atoms with Crippen molar-refractivity contribution < 1.29 is 9.59 Å². The molecule has 0 aliphatic carbocycles. The van der Waals surface area contributed by atoms with Crippen LogP contribution in [0.5, 0.6) is 0 Å². The number of nitrogens with one attached hydrogen (secondary N) is 2. The van der Waals surface area contributed by atoms with E-state index >= 15 is 0 Å². The van der Waals surface area contributed by atoms with E-state index in [0.717, 1.165) is 17.7 Å². The molecule has 1 heterocycles. The maximum absolute atomic E-state index is 12.5. The molecule has 0 aliphatic heterocycles. The van der Waals surface area contributed by atoms with E-state index in [1.807, 2.05) is 49.4 Å². The lowest BCUT2D eigenvalue weighted by atomic mass is 10.1. The second-order valence-corrected chi connectivity index (χ2v) is 6.32. The highest BCUT2D eigenvalue weighted by Gasteiger charge is 2.21. The molecule has 0 spiro atoms. The highest BCUT2D eigenvalue weighted by Crippen LogP contribution is 2.23. The Morgan fingerprint density at radius 1 is 1.00 bits per heavy atom. The Bertz CT molecular complexity index is 966. The fourth-order valence-electron chi connectivity index (χ4n) is 2.64. The molecule has 0 fully saturated rings. The van der Waals surface area contributed by atoms with Crippen molar-refractivity contribution >= 4 is 23.4 Å². The highest BCUT2D eigenvalue weighted by atomic mass is 35.5. The van der Waals surface area contributed by atoms with Crippen molar-refractivity contribution in [2.75, 3.05) is 0 Å². The monoisotopic (exact) mass is 382 g/mol. The van der Waals surface area contributed by atoms with Crippen LogP contribution in [0.3, 0.4) is 0 Å². The summed E-state index contributed by atoms with van der Waals surface area (Å²) in [6.45, 7) is 3.72. The molecule has 7 heteroatoms. The van der Waals surface area contributed by atoms with Crippen LogP contribution in [0.4, 0.5) is 0 Å². The smallest absolute Gasteiger partial charge is 0.267 e. The molecule has 0 saturated carbocycles. The van der Waals surface area contributed by atoms with Crippen LogP contribution >= 0.6 is 11.6 Å². The largest absolute Gasteiger partial charge is 0.274 e. The highest BCUT2D eigenvalue weighted by molar-refractivity contribution is 6.33. The zero-order valence-corrected chi connectivity index (χ0v) is 15.7. The third-order valence-corrected chi connectivity index (χ3v) is 4.49. The van der Waals surface area contributed by atoms with E-state index in [9.17, 15) is 9.59 Å². The minimum absolute atomic E-state index is 0.178. The number of halogens is 1. The van der Waals surface area contributed by atoms with Gasteiger partial charge in [-0.15, -0.1) is 0 Å². The van der Waals surface area contributed by atoms with Crippen LogP contribution in [-0.4, -0.2) is 21.6 Å². The number of hydrazine groups is 1. The Morgan fingerprint density at radius 3 is 2.26 bits per heavy atom. The third-order valence-electron chi connectivity index (χ3n) is 4.15. The zero-order valence-electron chi connectivity index (χ0n) is 15.0. The lowest BCUT2D eigenvalue weighted by Gasteiger charge is -2.08.